The van der Waals surface area contributed by atoms with Crippen molar-refractivity contribution in [1.82, 2.24) is 19.7 Å². The van der Waals surface area contributed by atoms with Crippen molar-refractivity contribution in [3.05, 3.63) is 71.4 Å². The Hall–Kier alpha value is -5.13. The minimum atomic E-state index is -0.336. The van der Waals surface area contributed by atoms with Crippen molar-refractivity contribution in [2.45, 2.75) is 38.8 Å². The smallest absolute Gasteiger partial charge is 0.246 e. The van der Waals surface area contributed by atoms with E-state index in [2.05, 4.69) is 76.7 Å². The summed E-state index contributed by atoms with van der Waals surface area (Å²) in [4.78, 5) is 40.0. The summed E-state index contributed by atoms with van der Waals surface area (Å²) in [6.07, 6.45) is 3.05. The number of nitrogens with zero attached hydrogens (tertiary/aromatic N) is 8. The molecule has 6 rings (SSSR count). The minimum Gasteiger partial charge on any atom is -0.476 e. The first-order valence-corrected chi connectivity index (χ1v) is 17.0. The molecule has 2 saturated heterocycles. The lowest BCUT2D eigenvalue weighted by molar-refractivity contribution is -0.130. The van der Waals surface area contributed by atoms with E-state index in [4.69, 9.17) is 9.72 Å². The Balaban J connectivity index is 1.34. The van der Waals surface area contributed by atoms with Gasteiger partial charge in [-0.15, -0.1) is 0 Å². The van der Waals surface area contributed by atoms with Gasteiger partial charge >= 0.3 is 0 Å². The Morgan fingerprint density at radius 1 is 1.08 bits per heavy atom. The molecule has 0 radical (unpaired) electrons. The maximum Gasteiger partial charge on any atom is 0.246 e. The summed E-state index contributed by atoms with van der Waals surface area (Å²) in [6, 6.07) is 17.1. The van der Waals surface area contributed by atoms with Crippen molar-refractivity contribution >= 4 is 34.0 Å². The largest absolute Gasteiger partial charge is 0.476 e. The number of aryl methyl sites for hydroxylation is 1. The molecule has 3 aromatic rings. The first-order chi connectivity index (χ1) is 23.7. The highest BCUT2D eigenvalue weighted by Gasteiger charge is 2.35. The Morgan fingerprint density at radius 3 is 2.61 bits per heavy atom. The Bertz CT molecular complexity index is 1840. The van der Waals surface area contributed by atoms with Gasteiger partial charge in [-0.3, -0.25) is 14.5 Å². The quantitative estimate of drug-likeness (QED) is 0.315. The molecule has 0 N–H and O–H groups in total. The van der Waals surface area contributed by atoms with Crippen LogP contribution in [0.4, 0.5) is 11.4 Å². The number of amides is 2. The van der Waals surface area contributed by atoms with Gasteiger partial charge in [0.05, 0.1) is 49.6 Å². The second-order valence-corrected chi connectivity index (χ2v) is 13.5. The summed E-state index contributed by atoms with van der Waals surface area (Å²) in [5.41, 5.74) is 5.45. The third kappa shape index (κ3) is 6.90. The number of anilines is 2. The van der Waals surface area contributed by atoms with Gasteiger partial charge in [0, 0.05) is 69.4 Å². The van der Waals surface area contributed by atoms with Crippen LogP contribution in [0.3, 0.4) is 0 Å². The van der Waals surface area contributed by atoms with E-state index < -0.39 is 0 Å². The maximum absolute atomic E-state index is 12.7. The van der Waals surface area contributed by atoms with Crippen LogP contribution < -0.4 is 14.5 Å². The molecule has 11 nitrogen and oxygen atoms in total. The van der Waals surface area contributed by atoms with Crippen LogP contribution >= 0.6 is 0 Å². The minimum absolute atomic E-state index is 0.0739. The number of carbonyl (C=O) groups excluding carboxylic acids is 2. The standard InChI is InChI=1S/C38H44N8O3/c1-5-34(47)46-19-18-45(22-29(46)12-15-39)37-30-14-17-44(33-11-7-10-28-9-6-8-26(2)36(28)33)23-32(30)41-38(31(37)20-40)49-25-27-13-16-43(21-27)24-35(48)42(3)4/h5-11,27,29H,1,12-14,16-19,21-25H2,2-4H3. The van der Waals surface area contributed by atoms with Gasteiger partial charge in [0.15, 0.2) is 0 Å². The third-order valence-electron chi connectivity index (χ3n) is 10.1. The number of likely N-dealkylation sites (tertiary alicyclic amines) is 1. The second kappa shape index (κ2) is 14.6. The number of rotatable bonds is 9. The monoisotopic (exact) mass is 660 g/mol. The molecule has 3 aliphatic heterocycles. The molecular weight excluding hydrogens is 616 g/mol. The summed E-state index contributed by atoms with van der Waals surface area (Å²) >= 11 is 0. The predicted molar refractivity (Wildman–Crippen MR) is 189 cm³/mol. The van der Waals surface area contributed by atoms with E-state index >= 15 is 0 Å². The van der Waals surface area contributed by atoms with E-state index in [1.54, 1.807) is 23.9 Å². The number of pyridine rings is 1. The van der Waals surface area contributed by atoms with Gasteiger partial charge in [0.1, 0.15) is 11.6 Å². The number of benzene rings is 2. The van der Waals surface area contributed by atoms with Crippen molar-refractivity contribution in [3.63, 3.8) is 0 Å². The third-order valence-corrected chi connectivity index (χ3v) is 10.1. The lowest BCUT2D eigenvalue weighted by atomic mass is 9.95. The van der Waals surface area contributed by atoms with Gasteiger partial charge in [-0.2, -0.15) is 10.5 Å². The zero-order chi connectivity index (χ0) is 34.7. The molecule has 2 amide bonds. The normalized spacial score (nSPS) is 19.2. The van der Waals surface area contributed by atoms with Crippen LogP contribution in [0.2, 0.25) is 0 Å². The summed E-state index contributed by atoms with van der Waals surface area (Å²) in [7, 11) is 3.54. The number of fused-ring (bicyclic) bond motifs is 2. The van der Waals surface area contributed by atoms with E-state index in [0.29, 0.717) is 57.2 Å². The van der Waals surface area contributed by atoms with Crippen molar-refractivity contribution in [2.24, 2.45) is 5.92 Å². The molecule has 11 heteroatoms. The molecule has 254 valence electrons. The lowest BCUT2D eigenvalue weighted by Gasteiger charge is -2.43. The van der Waals surface area contributed by atoms with Crippen LogP contribution in [0.1, 0.15) is 35.2 Å². The number of piperazine rings is 1. The number of nitriles is 2. The van der Waals surface area contributed by atoms with E-state index in [0.717, 1.165) is 48.7 Å². The highest BCUT2D eigenvalue weighted by molar-refractivity contribution is 5.97. The molecule has 2 atom stereocenters. The Labute approximate surface area is 288 Å². The Kier molecular flexibility index (Phi) is 10.0. The van der Waals surface area contributed by atoms with Crippen LogP contribution in [-0.4, -0.2) is 104 Å². The van der Waals surface area contributed by atoms with Gasteiger partial charge in [0.2, 0.25) is 17.7 Å². The average Bonchev–Trinajstić information content (AvgIpc) is 3.56. The molecule has 2 aromatic carbocycles. The number of hydrogen-bond acceptors (Lipinski definition) is 9. The van der Waals surface area contributed by atoms with Gasteiger partial charge in [0.25, 0.3) is 0 Å². The summed E-state index contributed by atoms with van der Waals surface area (Å²) < 4.78 is 6.46. The van der Waals surface area contributed by atoms with Crippen molar-refractivity contribution < 1.29 is 14.3 Å². The number of aromatic nitrogens is 1. The molecule has 1 aromatic heterocycles. The van der Waals surface area contributed by atoms with Crippen molar-refractivity contribution in [2.75, 3.05) is 76.3 Å². The highest BCUT2D eigenvalue weighted by atomic mass is 16.5. The maximum atomic E-state index is 12.7. The number of carbonyl (C=O) groups is 2. The van der Waals surface area contributed by atoms with Crippen LogP contribution in [0.15, 0.2) is 49.1 Å². The van der Waals surface area contributed by atoms with E-state index in [9.17, 15) is 20.1 Å². The van der Waals surface area contributed by atoms with Crippen LogP contribution in [0.5, 0.6) is 5.88 Å². The topological polar surface area (TPSA) is 120 Å². The molecule has 0 bridgehead atoms. The fraction of sp³-hybridized carbons (Fsp3) is 0.447. The van der Waals surface area contributed by atoms with Gasteiger partial charge in [-0.25, -0.2) is 4.98 Å². The lowest BCUT2D eigenvalue weighted by Crippen LogP contribution is -2.55. The molecule has 2 fully saturated rings. The SMILES string of the molecule is C=CC(=O)N1CCN(c2c(C#N)c(OCC3CCN(CC(=O)N(C)C)C3)nc3c2CCN(c2cccc4cccc(C)c24)C3)CC1CC#N. The molecule has 49 heavy (non-hydrogen) atoms. The van der Waals surface area contributed by atoms with Crippen molar-refractivity contribution in [3.8, 4) is 18.0 Å². The summed E-state index contributed by atoms with van der Waals surface area (Å²) in [6.45, 7) is 10.8. The first-order valence-electron chi connectivity index (χ1n) is 17.0. The summed E-state index contributed by atoms with van der Waals surface area (Å²) in [5, 5.41) is 22.7. The number of hydrogen-bond donors (Lipinski definition) is 0. The number of likely N-dealkylation sites (N-methyl/N-ethyl adjacent to an activating group) is 1. The van der Waals surface area contributed by atoms with E-state index in [1.165, 1.54) is 22.4 Å². The molecule has 2 unspecified atom stereocenters. The molecule has 0 saturated carbocycles. The van der Waals surface area contributed by atoms with E-state index in [1.807, 2.05) is 0 Å². The zero-order valence-corrected chi connectivity index (χ0v) is 28.7. The van der Waals surface area contributed by atoms with Crippen LogP contribution in [0.25, 0.3) is 10.8 Å². The van der Waals surface area contributed by atoms with Crippen molar-refractivity contribution in [1.29, 1.82) is 10.5 Å². The molecular formula is C38H44N8O3. The highest BCUT2D eigenvalue weighted by Crippen LogP contribution is 2.40. The zero-order valence-electron chi connectivity index (χ0n) is 28.7. The molecule has 0 aliphatic carbocycles. The van der Waals surface area contributed by atoms with Gasteiger partial charge in [-0.1, -0.05) is 36.9 Å². The van der Waals surface area contributed by atoms with Crippen LogP contribution in [-0.2, 0) is 22.6 Å². The average molecular weight is 661 g/mol. The molecule has 3 aliphatic rings. The first kappa shape index (κ1) is 33.8. The fourth-order valence-electron chi connectivity index (χ4n) is 7.53. The predicted octanol–water partition coefficient (Wildman–Crippen LogP) is 3.88. The van der Waals surface area contributed by atoms with E-state index in [-0.39, 0.29) is 30.2 Å². The fourth-order valence-corrected chi connectivity index (χ4v) is 7.53. The molecule has 0 spiro atoms. The number of ether oxygens (including phenoxy) is 1. The Morgan fingerprint density at radius 2 is 1.88 bits per heavy atom. The van der Waals surface area contributed by atoms with Gasteiger partial charge < -0.3 is 24.3 Å². The summed E-state index contributed by atoms with van der Waals surface area (Å²) in [5.74, 6) is 0.396. The van der Waals surface area contributed by atoms with Gasteiger partial charge in [-0.05, 0) is 49.4 Å². The second-order valence-electron chi connectivity index (χ2n) is 13.5. The van der Waals surface area contributed by atoms with Crippen LogP contribution in [0, 0.1) is 35.5 Å². The molecule has 4 heterocycles.